The summed E-state index contributed by atoms with van der Waals surface area (Å²) in [7, 11) is 3.57. The van der Waals surface area contributed by atoms with Gasteiger partial charge in [0.1, 0.15) is 18.1 Å². The van der Waals surface area contributed by atoms with Gasteiger partial charge in [-0.1, -0.05) is 6.92 Å². The van der Waals surface area contributed by atoms with Crippen LogP contribution in [0.25, 0.3) is 0 Å². The first kappa shape index (κ1) is 15.4. The van der Waals surface area contributed by atoms with Crippen LogP contribution < -0.4 is 14.8 Å². The van der Waals surface area contributed by atoms with Gasteiger partial charge < -0.3 is 14.8 Å². The molecular formula is C16H23N3O2. The number of benzene rings is 1. The van der Waals surface area contributed by atoms with Gasteiger partial charge >= 0.3 is 0 Å². The second-order valence-corrected chi connectivity index (χ2v) is 4.92. The zero-order chi connectivity index (χ0) is 15.1. The van der Waals surface area contributed by atoms with Gasteiger partial charge in [-0.2, -0.15) is 5.10 Å². The molecule has 0 aliphatic heterocycles. The molecule has 1 N–H and O–H groups in total. The average Bonchev–Trinajstić information content (AvgIpc) is 2.91. The molecule has 0 saturated heterocycles. The molecule has 0 aliphatic rings. The molecule has 0 radical (unpaired) electrons. The Labute approximate surface area is 125 Å². The topological polar surface area (TPSA) is 48.3 Å². The van der Waals surface area contributed by atoms with Gasteiger partial charge in [0.25, 0.3) is 0 Å². The maximum absolute atomic E-state index is 5.90. The maximum atomic E-state index is 5.90. The van der Waals surface area contributed by atoms with Crippen LogP contribution in [0.1, 0.15) is 24.6 Å². The Bertz CT molecular complexity index is 566. The Morgan fingerprint density at radius 3 is 2.81 bits per heavy atom. The third kappa shape index (κ3) is 4.49. The summed E-state index contributed by atoms with van der Waals surface area (Å²) in [5.41, 5.74) is 2.01. The number of ether oxygens (including phenoxy) is 2. The zero-order valence-electron chi connectivity index (χ0n) is 12.9. The van der Waals surface area contributed by atoms with E-state index in [1.807, 2.05) is 37.5 Å². The van der Waals surface area contributed by atoms with Gasteiger partial charge in [0.05, 0.1) is 12.8 Å². The molecule has 0 bridgehead atoms. The van der Waals surface area contributed by atoms with Crippen LogP contribution in [0, 0.1) is 0 Å². The van der Waals surface area contributed by atoms with Gasteiger partial charge in [-0.15, -0.1) is 0 Å². The van der Waals surface area contributed by atoms with Crippen molar-refractivity contribution in [3.8, 4) is 11.5 Å². The van der Waals surface area contributed by atoms with Gasteiger partial charge in [0.15, 0.2) is 0 Å². The smallest absolute Gasteiger partial charge is 0.132 e. The lowest BCUT2D eigenvalue weighted by Gasteiger charge is -2.13. The highest BCUT2D eigenvalue weighted by atomic mass is 16.5. The number of hydrogen-bond donors (Lipinski definition) is 1. The van der Waals surface area contributed by atoms with Crippen molar-refractivity contribution >= 4 is 0 Å². The largest absolute Gasteiger partial charge is 0.497 e. The third-order valence-corrected chi connectivity index (χ3v) is 3.15. The molecule has 5 heteroatoms. The van der Waals surface area contributed by atoms with Gasteiger partial charge in [-0.25, -0.2) is 0 Å². The van der Waals surface area contributed by atoms with Crippen LogP contribution in [-0.4, -0.2) is 23.4 Å². The lowest BCUT2D eigenvalue weighted by molar-refractivity contribution is 0.295. The predicted molar refractivity (Wildman–Crippen MR) is 82.5 cm³/mol. The molecule has 1 aromatic heterocycles. The molecular weight excluding hydrogens is 266 g/mol. The minimum Gasteiger partial charge on any atom is -0.497 e. The summed E-state index contributed by atoms with van der Waals surface area (Å²) >= 11 is 0. The molecule has 2 aromatic rings. The highest BCUT2D eigenvalue weighted by Crippen LogP contribution is 2.24. The minimum atomic E-state index is 0.466. The monoisotopic (exact) mass is 289 g/mol. The van der Waals surface area contributed by atoms with Crippen LogP contribution in [0.2, 0.25) is 0 Å². The Hall–Kier alpha value is -2.01. The van der Waals surface area contributed by atoms with Crippen molar-refractivity contribution in [2.24, 2.45) is 7.05 Å². The van der Waals surface area contributed by atoms with E-state index in [1.165, 1.54) is 0 Å². The Kier molecular flexibility index (Phi) is 5.63. The number of hydrogen-bond acceptors (Lipinski definition) is 4. The van der Waals surface area contributed by atoms with Gasteiger partial charge in [0.2, 0.25) is 0 Å². The van der Waals surface area contributed by atoms with Gasteiger partial charge in [-0.05, 0) is 37.2 Å². The zero-order valence-corrected chi connectivity index (χ0v) is 12.9. The van der Waals surface area contributed by atoms with E-state index in [1.54, 1.807) is 11.8 Å². The number of aryl methyl sites for hydroxylation is 1. The van der Waals surface area contributed by atoms with Crippen molar-refractivity contribution in [3.05, 3.63) is 41.7 Å². The standard InChI is InChI=1S/C16H23N3O2/c1-4-8-17-11-13-10-15(20-3)5-6-16(13)21-12-14-7-9-19(2)18-14/h5-7,9-10,17H,4,8,11-12H2,1-3H3. The number of methoxy groups -OCH3 is 1. The summed E-state index contributed by atoms with van der Waals surface area (Å²) < 4.78 is 13.0. The van der Waals surface area contributed by atoms with E-state index < -0.39 is 0 Å². The highest BCUT2D eigenvalue weighted by Gasteiger charge is 2.07. The molecule has 0 amide bonds. The van der Waals surface area contributed by atoms with E-state index >= 15 is 0 Å². The van der Waals surface area contributed by atoms with E-state index in [-0.39, 0.29) is 0 Å². The summed E-state index contributed by atoms with van der Waals surface area (Å²) in [6.45, 7) is 4.37. The molecule has 0 saturated carbocycles. The summed E-state index contributed by atoms with van der Waals surface area (Å²) in [6.07, 6.45) is 3.02. The van der Waals surface area contributed by atoms with Crippen LogP contribution in [0.3, 0.4) is 0 Å². The molecule has 1 heterocycles. The van der Waals surface area contributed by atoms with E-state index in [4.69, 9.17) is 9.47 Å². The lowest BCUT2D eigenvalue weighted by Crippen LogP contribution is -2.14. The molecule has 2 rings (SSSR count). The SMILES string of the molecule is CCCNCc1cc(OC)ccc1OCc1ccn(C)n1. The number of aromatic nitrogens is 2. The van der Waals surface area contributed by atoms with Crippen molar-refractivity contribution in [1.29, 1.82) is 0 Å². The maximum Gasteiger partial charge on any atom is 0.132 e. The number of nitrogens with zero attached hydrogens (tertiary/aromatic N) is 2. The fourth-order valence-electron chi connectivity index (χ4n) is 2.05. The molecule has 0 unspecified atom stereocenters. The van der Waals surface area contributed by atoms with Crippen molar-refractivity contribution in [1.82, 2.24) is 15.1 Å². The molecule has 5 nitrogen and oxygen atoms in total. The van der Waals surface area contributed by atoms with Gasteiger partial charge in [0, 0.05) is 25.4 Å². The number of nitrogens with one attached hydrogen (secondary N) is 1. The Balaban J connectivity index is 2.05. The van der Waals surface area contributed by atoms with Crippen LogP contribution >= 0.6 is 0 Å². The van der Waals surface area contributed by atoms with Crippen LogP contribution in [-0.2, 0) is 20.2 Å². The first-order valence-corrected chi connectivity index (χ1v) is 7.22. The lowest BCUT2D eigenvalue weighted by atomic mass is 10.2. The van der Waals surface area contributed by atoms with Crippen LogP contribution in [0.5, 0.6) is 11.5 Å². The molecule has 0 spiro atoms. The van der Waals surface area contributed by atoms with E-state index in [0.717, 1.165) is 42.3 Å². The van der Waals surface area contributed by atoms with E-state index in [0.29, 0.717) is 6.61 Å². The summed E-state index contributed by atoms with van der Waals surface area (Å²) in [4.78, 5) is 0. The van der Waals surface area contributed by atoms with Crippen LogP contribution in [0.15, 0.2) is 30.5 Å². The summed E-state index contributed by atoms with van der Waals surface area (Å²) in [5.74, 6) is 1.71. The Morgan fingerprint density at radius 2 is 2.14 bits per heavy atom. The van der Waals surface area contributed by atoms with E-state index in [2.05, 4.69) is 17.3 Å². The average molecular weight is 289 g/mol. The molecule has 0 fully saturated rings. The summed E-state index contributed by atoms with van der Waals surface area (Å²) in [6, 6.07) is 7.83. The number of rotatable bonds is 8. The Morgan fingerprint density at radius 1 is 1.29 bits per heavy atom. The normalized spacial score (nSPS) is 10.6. The molecule has 1 aromatic carbocycles. The second kappa shape index (κ2) is 7.69. The van der Waals surface area contributed by atoms with Crippen molar-refractivity contribution in [3.63, 3.8) is 0 Å². The fourth-order valence-corrected chi connectivity index (χ4v) is 2.05. The predicted octanol–water partition coefficient (Wildman–Crippen LogP) is 2.51. The third-order valence-electron chi connectivity index (χ3n) is 3.15. The highest BCUT2D eigenvalue weighted by molar-refractivity contribution is 5.40. The van der Waals surface area contributed by atoms with Crippen LogP contribution in [0.4, 0.5) is 0 Å². The van der Waals surface area contributed by atoms with E-state index in [9.17, 15) is 0 Å². The van der Waals surface area contributed by atoms with Crippen molar-refractivity contribution in [2.45, 2.75) is 26.5 Å². The molecule has 0 aliphatic carbocycles. The van der Waals surface area contributed by atoms with Crippen molar-refractivity contribution < 1.29 is 9.47 Å². The fraction of sp³-hybridized carbons (Fsp3) is 0.438. The minimum absolute atomic E-state index is 0.466. The van der Waals surface area contributed by atoms with Gasteiger partial charge in [-0.3, -0.25) is 4.68 Å². The molecule has 0 atom stereocenters. The van der Waals surface area contributed by atoms with Crippen molar-refractivity contribution in [2.75, 3.05) is 13.7 Å². The first-order chi connectivity index (χ1) is 10.2. The quantitative estimate of drug-likeness (QED) is 0.759. The second-order valence-electron chi connectivity index (χ2n) is 4.92. The first-order valence-electron chi connectivity index (χ1n) is 7.22. The summed E-state index contributed by atoms with van der Waals surface area (Å²) in [5, 5.41) is 7.71. The molecule has 21 heavy (non-hydrogen) atoms. The molecule has 114 valence electrons.